The molecule has 8 aromatic carbocycles. The van der Waals surface area contributed by atoms with E-state index < -0.39 is 5.41 Å². The van der Waals surface area contributed by atoms with E-state index >= 15 is 0 Å². The monoisotopic (exact) mass is 735 g/mol. The molecule has 8 aromatic rings. The molecule has 0 N–H and O–H groups in total. The number of rotatable bonds is 6. The number of para-hydroxylation sites is 2. The fourth-order valence-corrected chi connectivity index (χ4v) is 10.4. The van der Waals surface area contributed by atoms with Gasteiger partial charge in [0.1, 0.15) is 11.5 Å². The number of methoxy groups -OCH3 is 2. The van der Waals surface area contributed by atoms with E-state index in [1.807, 2.05) is 0 Å². The summed E-state index contributed by atoms with van der Waals surface area (Å²) in [6.45, 7) is 4.71. The molecule has 0 radical (unpaired) electrons. The van der Waals surface area contributed by atoms with Crippen LogP contribution in [-0.2, 0) is 10.8 Å². The highest BCUT2D eigenvalue weighted by molar-refractivity contribution is 6.01. The number of hydrogen-bond acceptors (Lipinski definition) is 3. The average molecular weight is 736 g/mol. The minimum Gasteiger partial charge on any atom is -0.497 e. The van der Waals surface area contributed by atoms with Gasteiger partial charge in [0, 0.05) is 22.4 Å². The second kappa shape index (κ2) is 12.3. The van der Waals surface area contributed by atoms with Crippen molar-refractivity contribution in [2.24, 2.45) is 0 Å². The zero-order valence-electron chi connectivity index (χ0n) is 32.5. The molecule has 0 amide bonds. The molecule has 3 nitrogen and oxygen atoms in total. The summed E-state index contributed by atoms with van der Waals surface area (Å²) >= 11 is 0. The van der Waals surface area contributed by atoms with E-state index in [1.54, 1.807) is 14.2 Å². The first-order valence-corrected chi connectivity index (χ1v) is 19.7. The maximum absolute atomic E-state index is 5.96. The predicted molar refractivity (Wildman–Crippen MR) is 234 cm³/mol. The molecule has 3 aliphatic carbocycles. The van der Waals surface area contributed by atoms with Crippen molar-refractivity contribution in [3.8, 4) is 56.0 Å². The lowest BCUT2D eigenvalue weighted by molar-refractivity contribution is 0.413. The van der Waals surface area contributed by atoms with Crippen LogP contribution in [0.5, 0.6) is 11.5 Å². The van der Waals surface area contributed by atoms with E-state index in [9.17, 15) is 0 Å². The minimum atomic E-state index is -0.621. The molecule has 0 saturated carbocycles. The van der Waals surface area contributed by atoms with Crippen molar-refractivity contribution in [2.45, 2.75) is 24.7 Å². The first kappa shape index (κ1) is 33.5. The van der Waals surface area contributed by atoms with Gasteiger partial charge in [-0.2, -0.15) is 0 Å². The minimum absolute atomic E-state index is 0.131. The summed E-state index contributed by atoms with van der Waals surface area (Å²) in [7, 11) is 3.52. The van der Waals surface area contributed by atoms with Gasteiger partial charge in [0.15, 0.2) is 0 Å². The van der Waals surface area contributed by atoms with Crippen LogP contribution in [0.1, 0.15) is 47.2 Å². The van der Waals surface area contributed by atoms with Crippen LogP contribution < -0.4 is 14.4 Å². The Kier molecular flexibility index (Phi) is 7.25. The lowest BCUT2D eigenvalue weighted by atomic mass is 9.68. The van der Waals surface area contributed by atoms with Crippen molar-refractivity contribution < 1.29 is 9.47 Å². The van der Waals surface area contributed by atoms with Gasteiger partial charge in [0.05, 0.1) is 25.3 Å². The number of ether oxygens (including phenoxy) is 2. The topological polar surface area (TPSA) is 21.7 Å². The van der Waals surface area contributed by atoms with Crippen molar-refractivity contribution in [1.29, 1.82) is 0 Å². The Hall–Kier alpha value is -6.84. The molecule has 3 aliphatic rings. The van der Waals surface area contributed by atoms with Gasteiger partial charge in [-0.05, 0) is 127 Å². The maximum Gasteiger partial charge on any atom is 0.119 e. The van der Waals surface area contributed by atoms with Crippen LogP contribution in [0.15, 0.2) is 176 Å². The molecule has 0 bridgehead atoms. The Morgan fingerprint density at radius 3 is 1.53 bits per heavy atom. The van der Waals surface area contributed by atoms with E-state index in [4.69, 9.17) is 9.47 Å². The third-order valence-electron chi connectivity index (χ3n) is 12.9. The largest absolute Gasteiger partial charge is 0.497 e. The molecule has 0 aliphatic heterocycles. The van der Waals surface area contributed by atoms with Gasteiger partial charge in [-0.15, -0.1) is 0 Å². The normalized spacial score (nSPS) is 14.2. The molecule has 274 valence electrons. The third-order valence-corrected chi connectivity index (χ3v) is 12.9. The summed E-state index contributed by atoms with van der Waals surface area (Å²) in [5.74, 6) is 1.68. The van der Waals surface area contributed by atoms with Gasteiger partial charge in [-0.3, -0.25) is 0 Å². The average Bonchev–Trinajstić information content (AvgIpc) is 3.82. The number of hydrogen-bond donors (Lipinski definition) is 0. The van der Waals surface area contributed by atoms with Gasteiger partial charge in [0.25, 0.3) is 0 Å². The molecular formula is C54H41NO2. The summed E-state index contributed by atoms with van der Waals surface area (Å²) in [5.41, 5.74) is 20.2. The zero-order valence-corrected chi connectivity index (χ0v) is 32.5. The highest BCUT2D eigenvalue weighted by Gasteiger charge is 2.53. The molecule has 0 unspecified atom stereocenters. The van der Waals surface area contributed by atoms with Crippen LogP contribution in [-0.4, -0.2) is 14.2 Å². The molecule has 0 atom stereocenters. The molecule has 0 heterocycles. The van der Waals surface area contributed by atoms with Crippen LogP contribution in [0.2, 0.25) is 0 Å². The van der Waals surface area contributed by atoms with E-state index in [2.05, 4.69) is 195 Å². The van der Waals surface area contributed by atoms with Gasteiger partial charge < -0.3 is 14.4 Å². The van der Waals surface area contributed by atoms with Crippen molar-refractivity contribution in [3.05, 3.63) is 209 Å². The Morgan fingerprint density at radius 2 is 0.860 bits per heavy atom. The third kappa shape index (κ3) is 4.54. The maximum atomic E-state index is 5.96. The fraction of sp³-hybridized carbons (Fsp3) is 0.111. The molecule has 11 rings (SSSR count). The summed E-state index contributed by atoms with van der Waals surface area (Å²) in [5, 5.41) is 0. The molecule has 0 fully saturated rings. The number of fused-ring (bicyclic) bond motifs is 13. The molecular weight excluding hydrogens is 695 g/mol. The summed E-state index contributed by atoms with van der Waals surface area (Å²) in [6.07, 6.45) is 0. The first-order valence-electron chi connectivity index (χ1n) is 19.7. The highest BCUT2D eigenvalue weighted by atomic mass is 16.5. The number of benzene rings is 8. The molecule has 3 heteroatoms. The van der Waals surface area contributed by atoms with Crippen molar-refractivity contribution >= 4 is 17.1 Å². The Bertz CT molecular complexity index is 2870. The Balaban J connectivity index is 1.20. The predicted octanol–water partition coefficient (Wildman–Crippen LogP) is 13.5. The zero-order chi connectivity index (χ0) is 38.5. The highest BCUT2D eigenvalue weighted by Crippen LogP contribution is 2.66. The Labute approximate surface area is 334 Å². The van der Waals surface area contributed by atoms with Crippen LogP contribution in [0.3, 0.4) is 0 Å². The van der Waals surface area contributed by atoms with E-state index in [0.717, 1.165) is 34.1 Å². The SMILES string of the molecule is COc1ccc2c(c1)C1(c3cc(OC)ccc3-2)c2ccccc2-c2cccc(-c3ccccc3N(c3ccccc3)c3ccc4c(c3)C(C)(C)c3ccccc3-4)c21. The van der Waals surface area contributed by atoms with E-state index in [0.29, 0.717) is 0 Å². The fourth-order valence-electron chi connectivity index (χ4n) is 10.4. The van der Waals surface area contributed by atoms with E-state index in [-0.39, 0.29) is 5.41 Å². The second-order valence-electron chi connectivity index (χ2n) is 15.9. The van der Waals surface area contributed by atoms with Crippen molar-refractivity contribution in [2.75, 3.05) is 19.1 Å². The summed E-state index contributed by atoms with van der Waals surface area (Å²) < 4.78 is 11.9. The number of nitrogens with zero attached hydrogens (tertiary/aromatic N) is 1. The van der Waals surface area contributed by atoms with E-state index in [1.165, 1.54) is 72.3 Å². The number of anilines is 3. The molecule has 57 heavy (non-hydrogen) atoms. The first-order chi connectivity index (χ1) is 27.9. The van der Waals surface area contributed by atoms with Crippen LogP contribution in [0, 0.1) is 0 Å². The lowest BCUT2D eigenvalue weighted by Gasteiger charge is -2.34. The van der Waals surface area contributed by atoms with Crippen molar-refractivity contribution in [3.63, 3.8) is 0 Å². The van der Waals surface area contributed by atoms with Crippen molar-refractivity contribution in [1.82, 2.24) is 0 Å². The van der Waals surface area contributed by atoms with Crippen LogP contribution in [0.4, 0.5) is 17.1 Å². The van der Waals surface area contributed by atoms with Crippen LogP contribution >= 0.6 is 0 Å². The van der Waals surface area contributed by atoms with Gasteiger partial charge in [-0.1, -0.05) is 135 Å². The second-order valence-corrected chi connectivity index (χ2v) is 15.9. The standard InChI is InChI=1S/C54H41NO2/c1-53(2)46-22-11-8-17-38(46)40-28-25-35(31-48(40)53)55(34-15-6-5-7-16-34)51-24-13-10-19-43(51)45-21-14-20-44-39-18-9-12-23-47(39)54(52(44)45)49-32-36(56-3)26-29-41(49)42-30-27-37(57-4)33-50(42)54/h5-33H,1-4H3. The Morgan fingerprint density at radius 1 is 0.368 bits per heavy atom. The van der Waals surface area contributed by atoms with Crippen LogP contribution in [0.25, 0.3) is 44.5 Å². The van der Waals surface area contributed by atoms with Gasteiger partial charge in [-0.25, -0.2) is 0 Å². The quantitative estimate of drug-likeness (QED) is 0.170. The van der Waals surface area contributed by atoms with Gasteiger partial charge >= 0.3 is 0 Å². The smallest absolute Gasteiger partial charge is 0.119 e. The summed E-state index contributed by atoms with van der Waals surface area (Å²) in [4.78, 5) is 2.45. The molecule has 0 saturated heterocycles. The lowest BCUT2D eigenvalue weighted by Crippen LogP contribution is -2.27. The molecule has 0 aromatic heterocycles. The summed E-state index contributed by atoms with van der Waals surface area (Å²) in [6, 6.07) is 64.7. The van der Waals surface area contributed by atoms with Gasteiger partial charge in [0.2, 0.25) is 0 Å². The molecule has 1 spiro atoms.